The fourth-order valence-electron chi connectivity index (χ4n) is 2.97. The number of methoxy groups -OCH3 is 1. The number of halogens is 1. The molecule has 0 radical (unpaired) electrons. The Hall–Kier alpha value is -3.59. The van der Waals surface area contributed by atoms with E-state index in [0.717, 1.165) is 20.4 Å². The fraction of sp³-hybridized carbons (Fsp3) is 0.273. The Morgan fingerprint density at radius 1 is 1.13 bits per heavy atom. The Morgan fingerprint density at radius 3 is 2.55 bits per heavy atom. The highest BCUT2D eigenvalue weighted by atomic mass is 19.1. The molecule has 9 heteroatoms. The van der Waals surface area contributed by atoms with Crippen LogP contribution in [-0.4, -0.2) is 40.5 Å². The van der Waals surface area contributed by atoms with Gasteiger partial charge in [0.2, 0.25) is 5.69 Å². The first-order valence-corrected chi connectivity index (χ1v) is 9.66. The number of rotatable bonds is 7. The van der Waals surface area contributed by atoms with E-state index >= 15 is 0 Å². The SMILES string of the molecule is COCCNC(=O)c1nn(-c2ccc(C)c(C)c2)c(=O)n(Cc2ccccc2F)c1=O. The number of benzene rings is 2. The summed E-state index contributed by atoms with van der Waals surface area (Å²) in [5, 5.41) is 6.57. The summed E-state index contributed by atoms with van der Waals surface area (Å²) in [5.74, 6) is -1.31. The van der Waals surface area contributed by atoms with Gasteiger partial charge in [0.25, 0.3) is 11.5 Å². The van der Waals surface area contributed by atoms with E-state index in [1.165, 1.54) is 25.3 Å². The van der Waals surface area contributed by atoms with Gasteiger partial charge in [-0.25, -0.2) is 9.18 Å². The normalized spacial score (nSPS) is 10.8. The summed E-state index contributed by atoms with van der Waals surface area (Å²) >= 11 is 0. The van der Waals surface area contributed by atoms with Crippen molar-refractivity contribution in [2.45, 2.75) is 20.4 Å². The summed E-state index contributed by atoms with van der Waals surface area (Å²) in [6, 6.07) is 11.0. The predicted octanol–water partition coefficient (Wildman–Crippen LogP) is 1.57. The van der Waals surface area contributed by atoms with Crippen molar-refractivity contribution in [1.82, 2.24) is 19.7 Å². The van der Waals surface area contributed by atoms with Gasteiger partial charge in [0, 0.05) is 19.2 Å². The summed E-state index contributed by atoms with van der Waals surface area (Å²) in [5.41, 5.74) is 0.309. The molecular formula is C22H23FN4O4. The number of aromatic nitrogens is 3. The number of carbonyl (C=O) groups excluding carboxylic acids is 1. The van der Waals surface area contributed by atoms with Gasteiger partial charge in [-0.3, -0.25) is 14.2 Å². The van der Waals surface area contributed by atoms with Gasteiger partial charge in [-0.1, -0.05) is 24.3 Å². The van der Waals surface area contributed by atoms with Crippen LogP contribution in [0.2, 0.25) is 0 Å². The molecule has 0 fully saturated rings. The maximum Gasteiger partial charge on any atom is 0.352 e. The summed E-state index contributed by atoms with van der Waals surface area (Å²) in [6.07, 6.45) is 0. The number of carbonyl (C=O) groups is 1. The molecule has 0 unspecified atom stereocenters. The fourth-order valence-corrected chi connectivity index (χ4v) is 2.97. The molecule has 31 heavy (non-hydrogen) atoms. The lowest BCUT2D eigenvalue weighted by Crippen LogP contribution is -2.46. The van der Waals surface area contributed by atoms with Crippen LogP contribution in [0.4, 0.5) is 4.39 Å². The third-order valence-corrected chi connectivity index (χ3v) is 4.89. The van der Waals surface area contributed by atoms with E-state index in [2.05, 4.69) is 10.4 Å². The molecule has 0 spiro atoms. The number of hydrogen-bond acceptors (Lipinski definition) is 5. The second-order valence-electron chi connectivity index (χ2n) is 7.04. The standard InChI is InChI=1S/C22H23FN4O4/c1-14-8-9-17(12-15(14)2)27-22(30)26(13-16-6-4-5-7-18(16)23)21(29)19(25-27)20(28)24-10-11-31-3/h4-9,12H,10-11,13H2,1-3H3,(H,24,28). The lowest BCUT2D eigenvalue weighted by atomic mass is 10.1. The van der Waals surface area contributed by atoms with E-state index in [1.54, 1.807) is 18.2 Å². The molecule has 0 aliphatic heterocycles. The molecule has 0 bridgehead atoms. The average Bonchev–Trinajstić information content (AvgIpc) is 2.74. The van der Waals surface area contributed by atoms with Crippen molar-refractivity contribution < 1.29 is 13.9 Å². The molecule has 1 amide bonds. The van der Waals surface area contributed by atoms with Crippen molar-refractivity contribution in [1.29, 1.82) is 0 Å². The first kappa shape index (κ1) is 22.1. The van der Waals surface area contributed by atoms with Crippen LogP contribution in [0.5, 0.6) is 0 Å². The molecular weight excluding hydrogens is 403 g/mol. The van der Waals surface area contributed by atoms with Gasteiger partial charge in [0.05, 0.1) is 18.8 Å². The molecule has 3 rings (SSSR count). The van der Waals surface area contributed by atoms with Crippen molar-refractivity contribution >= 4 is 5.91 Å². The Kier molecular flexibility index (Phi) is 6.76. The molecule has 162 valence electrons. The zero-order valence-corrected chi connectivity index (χ0v) is 17.5. The number of aryl methyl sites for hydroxylation is 2. The highest BCUT2D eigenvalue weighted by molar-refractivity contribution is 5.91. The summed E-state index contributed by atoms with van der Waals surface area (Å²) < 4.78 is 20.9. The number of amides is 1. The van der Waals surface area contributed by atoms with E-state index < -0.39 is 28.7 Å². The molecule has 0 saturated heterocycles. The zero-order chi connectivity index (χ0) is 22.5. The maximum absolute atomic E-state index is 14.2. The second-order valence-corrected chi connectivity index (χ2v) is 7.04. The minimum atomic E-state index is -0.900. The molecule has 1 N–H and O–H groups in total. The van der Waals surface area contributed by atoms with Crippen LogP contribution in [-0.2, 0) is 11.3 Å². The predicted molar refractivity (Wildman–Crippen MR) is 113 cm³/mol. The number of hydrogen-bond donors (Lipinski definition) is 1. The van der Waals surface area contributed by atoms with E-state index in [-0.39, 0.29) is 25.3 Å². The smallest absolute Gasteiger partial charge is 0.352 e. The third kappa shape index (κ3) is 4.77. The van der Waals surface area contributed by atoms with E-state index in [4.69, 9.17) is 4.74 Å². The van der Waals surface area contributed by atoms with Crippen molar-refractivity contribution in [3.8, 4) is 5.69 Å². The van der Waals surface area contributed by atoms with E-state index in [9.17, 15) is 18.8 Å². The zero-order valence-electron chi connectivity index (χ0n) is 17.5. The van der Waals surface area contributed by atoms with Crippen molar-refractivity contribution in [2.75, 3.05) is 20.3 Å². The lowest BCUT2D eigenvalue weighted by molar-refractivity contribution is 0.0927. The molecule has 0 aliphatic rings. The Morgan fingerprint density at radius 2 is 1.87 bits per heavy atom. The van der Waals surface area contributed by atoms with Crippen LogP contribution >= 0.6 is 0 Å². The van der Waals surface area contributed by atoms with Gasteiger partial charge in [-0.15, -0.1) is 0 Å². The molecule has 0 atom stereocenters. The van der Waals surface area contributed by atoms with Gasteiger partial charge in [0.1, 0.15) is 5.82 Å². The molecule has 0 aliphatic carbocycles. The number of nitrogens with one attached hydrogen (secondary N) is 1. The first-order valence-electron chi connectivity index (χ1n) is 9.66. The molecule has 1 aromatic heterocycles. The number of nitrogens with zero attached hydrogens (tertiary/aromatic N) is 3. The average molecular weight is 426 g/mol. The van der Waals surface area contributed by atoms with Gasteiger partial charge in [-0.05, 0) is 43.2 Å². The summed E-state index contributed by atoms with van der Waals surface area (Å²) in [6.45, 7) is 3.86. The van der Waals surface area contributed by atoms with Gasteiger partial charge < -0.3 is 10.1 Å². The van der Waals surface area contributed by atoms with Gasteiger partial charge in [-0.2, -0.15) is 9.78 Å². The summed E-state index contributed by atoms with van der Waals surface area (Å²) in [4.78, 5) is 38.7. The van der Waals surface area contributed by atoms with Crippen molar-refractivity contribution in [2.24, 2.45) is 0 Å². The minimum Gasteiger partial charge on any atom is -0.383 e. The number of ether oxygens (including phenoxy) is 1. The van der Waals surface area contributed by atoms with Crippen LogP contribution in [0, 0.1) is 19.7 Å². The molecule has 3 aromatic rings. The topological polar surface area (TPSA) is 95.2 Å². The maximum atomic E-state index is 14.2. The Balaban J connectivity index is 2.18. The van der Waals surface area contributed by atoms with E-state index in [0.29, 0.717) is 5.69 Å². The van der Waals surface area contributed by atoms with Crippen LogP contribution < -0.4 is 16.6 Å². The monoisotopic (exact) mass is 426 g/mol. The highest BCUT2D eigenvalue weighted by Gasteiger charge is 2.21. The van der Waals surface area contributed by atoms with Gasteiger partial charge >= 0.3 is 5.69 Å². The van der Waals surface area contributed by atoms with E-state index in [1.807, 2.05) is 19.9 Å². The first-order chi connectivity index (χ1) is 14.8. The summed E-state index contributed by atoms with van der Waals surface area (Å²) in [7, 11) is 1.48. The Bertz CT molecular complexity index is 1230. The van der Waals surface area contributed by atoms with Crippen LogP contribution in [0.15, 0.2) is 52.1 Å². The molecule has 8 nitrogen and oxygen atoms in total. The molecule has 0 saturated carbocycles. The van der Waals surface area contributed by atoms with Crippen LogP contribution in [0.1, 0.15) is 27.2 Å². The van der Waals surface area contributed by atoms with Gasteiger partial charge in [0.15, 0.2) is 0 Å². The quantitative estimate of drug-likeness (QED) is 0.579. The minimum absolute atomic E-state index is 0.144. The molecule has 1 heterocycles. The molecule has 2 aromatic carbocycles. The van der Waals surface area contributed by atoms with Crippen molar-refractivity contribution in [3.63, 3.8) is 0 Å². The van der Waals surface area contributed by atoms with Crippen LogP contribution in [0.3, 0.4) is 0 Å². The highest BCUT2D eigenvalue weighted by Crippen LogP contribution is 2.12. The second kappa shape index (κ2) is 9.48. The lowest BCUT2D eigenvalue weighted by Gasteiger charge is -2.13. The van der Waals surface area contributed by atoms with Crippen LogP contribution in [0.25, 0.3) is 5.69 Å². The van der Waals surface area contributed by atoms with Crippen molar-refractivity contribution in [3.05, 3.63) is 91.5 Å². The third-order valence-electron chi connectivity index (χ3n) is 4.89. The largest absolute Gasteiger partial charge is 0.383 e. The Labute approximate surface area is 177 Å².